The molecule has 0 aliphatic heterocycles. The van der Waals surface area contributed by atoms with E-state index in [4.69, 9.17) is 14.2 Å². The van der Waals surface area contributed by atoms with Gasteiger partial charge in [0.2, 0.25) is 5.75 Å². The quantitative estimate of drug-likeness (QED) is 0.168. The molecule has 1 aromatic heterocycles. The molecular weight excluding hydrogens is 462 g/mol. The van der Waals surface area contributed by atoms with Crippen molar-refractivity contribution in [3.63, 3.8) is 0 Å². The van der Waals surface area contributed by atoms with Gasteiger partial charge in [-0.05, 0) is 29.7 Å². The monoisotopic (exact) mass is 499 g/mol. The molecule has 0 aliphatic rings. The van der Waals surface area contributed by atoms with Crippen molar-refractivity contribution >= 4 is 10.9 Å². The molecule has 4 aromatic rings. The van der Waals surface area contributed by atoms with E-state index in [1.54, 1.807) is 0 Å². The van der Waals surface area contributed by atoms with E-state index in [9.17, 15) is 4.79 Å². The van der Waals surface area contributed by atoms with Crippen LogP contribution < -0.4 is 19.8 Å². The molecule has 0 bridgehead atoms. The molecule has 0 amide bonds. The minimum Gasteiger partial charge on any atom is -0.489 e. The number of methoxy groups -OCH3 is 1. The van der Waals surface area contributed by atoms with Gasteiger partial charge in [-0.3, -0.25) is 4.79 Å². The van der Waals surface area contributed by atoms with Crippen molar-refractivity contribution in [3.8, 4) is 17.2 Å². The van der Waals surface area contributed by atoms with Gasteiger partial charge in [-0.1, -0.05) is 99.7 Å². The molecule has 4 rings (SSSR count). The Balaban J connectivity index is 1.66. The SMILES string of the molecule is CCCCCCCCn1c(=O)c(OC)c(OCc2ccccc2)c2ccc(OCc3ccccc3)cc21. The third-order valence-electron chi connectivity index (χ3n) is 6.56. The topological polar surface area (TPSA) is 49.7 Å². The van der Waals surface area contributed by atoms with Gasteiger partial charge in [0.05, 0.1) is 12.6 Å². The zero-order valence-electron chi connectivity index (χ0n) is 21.9. The van der Waals surface area contributed by atoms with E-state index in [0.29, 0.717) is 31.3 Å². The molecule has 37 heavy (non-hydrogen) atoms. The number of benzene rings is 3. The van der Waals surface area contributed by atoms with Gasteiger partial charge in [-0.2, -0.15) is 0 Å². The number of aryl methyl sites for hydroxylation is 1. The Morgan fingerprint density at radius 3 is 1.97 bits per heavy atom. The average Bonchev–Trinajstić information content (AvgIpc) is 2.94. The van der Waals surface area contributed by atoms with E-state index < -0.39 is 0 Å². The lowest BCUT2D eigenvalue weighted by Gasteiger charge is -2.18. The Hall–Kier alpha value is -3.73. The number of nitrogens with zero attached hydrogens (tertiary/aromatic N) is 1. The number of unbranched alkanes of at least 4 members (excludes halogenated alkanes) is 5. The standard InChI is InChI=1S/C32H37NO4/c1-3-4-5-6-7-14-21-33-29-22-27(36-23-25-15-10-8-11-16-25)19-20-28(29)30(31(35-2)32(33)34)37-24-26-17-12-9-13-18-26/h8-13,15-20,22H,3-7,14,21,23-24H2,1-2H3. The van der Waals surface area contributed by atoms with Crippen molar-refractivity contribution < 1.29 is 14.2 Å². The van der Waals surface area contributed by atoms with Gasteiger partial charge in [0.25, 0.3) is 5.56 Å². The highest BCUT2D eigenvalue weighted by molar-refractivity contribution is 5.89. The first kappa shape index (κ1) is 26.3. The van der Waals surface area contributed by atoms with E-state index >= 15 is 0 Å². The smallest absolute Gasteiger partial charge is 0.297 e. The second-order valence-electron chi connectivity index (χ2n) is 9.31. The van der Waals surface area contributed by atoms with Crippen molar-refractivity contribution in [2.75, 3.05) is 7.11 Å². The van der Waals surface area contributed by atoms with Crippen molar-refractivity contribution in [2.24, 2.45) is 0 Å². The van der Waals surface area contributed by atoms with E-state index in [1.807, 2.05) is 83.4 Å². The lowest BCUT2D eigenvalue weighted by Crippen LogP contribution is -2.23. The van der Waals surface area contributed by atoms with Crippen molar-refractivity contribution in [3.05, 3.63) is 100 Å². The van der Waals surface area contributed by atoms with Gasteiger partial charge in [0, 0.05) is 18.0 Å². The predicted molar refractivity (Wildman–Crippen MR) is 150 cm³/mol. The van der Waals surface area contributed by atoms with Crippen molar-refractivity contribution in [1.29, 1.82) is 0 Å². The minimum atomic E-state index is -0.174. The lowest BCUT2D eigenvalue weighted by atomic mass is 10.1. The van der Waals surface area contributed by atoms with Crippen LogP contribution in [0.25, 0.3) is 10.9 Å². The number of fused-ring (bicyclic) bond motifs is 1. The third kappa shape index (κ3) is 6.94. The normalized spacial score (nSPS) is 11.0. The molecule has 0 atom stereocenters. The fourth-order valence-electron chi connectivity index (χ4n) is 4.53. The van der Waals surface area contributed by atoms with Crippen LogP contribution in [0.2, 0.25) is 0 Å². The summed E-state index contributed by atoms with van der Waals surface area (Å²) in [6.07, 6.45) is 6.91. The van der Waals surface area contributed by atoms with Crippen LogP contribution in [-0.4, -0.2) is 11.7 Å². The molecule has 0 saturated heterocycles. The zero-order chi connectivity index (χ0) is 25.9. The number of pyridine rings is 1. The summed E-state index contributed by atoms with van der Waals surface area (Å²) in [6.45, 7) is 3.65. The van der Waals surface area contributed by atoms with Crippen LogP contribution in [0.1, 0.15) is 56.6 Å². The minimum absolute atomic E-state index is 0.174. The molecule has 0 N–H and O–H groups in total. The van der Waals surface area contributed by atoms with Crippen LogP contribution in [0, 0.1) is 0 Å². The Labute approximate surface area is 219 Å². The summed E-state index contributed by atoms with van der Waals surface area (Å²) in [4.78, 5) is 13.6. The molecule has 194 valence electrons. The highest BCUT2D eigenvalue weighted by Crippen LogP contribution is 2.35. The molecular formula is C32H37NO4. The van der Waals surface area contributed by atoms with Crippen LogP contribution in [0.3, 0.4) is 0 Å². The number of rotatable bonds is 14. The van der Waals surface area contributed by atoms with Crippen LogP contribution >= 0.6 is 0 Å². The second-order valence-corrected chi connectivity index (χ2v) is 9.31. The van der Waals surface area contributed by atoms with Crippen molar-refractivity contribution in [2.45, 2.75) is 65.2 Å². The summed E-state index contributed by atoms with van der Waals surface area (Å²) in [6, 6.07) is 25.8. The number of hydrogen-bond donors (Lipinski definition) is 0. The van der Waals surface area contributed by atoms with Gasteiger partial charge in [-0.15, -0.1) is 0 Å². The summed E-state index contributed by atoms with van der Waals surface area (Å²) in [5.74, 6) is 1.43. The maximum Gasteiger partial charge on any atom is 0.297 e. The summed E-state index contributed by atoms with van der Waals surface area (Å²) >= 11 is 0. The van der Waals surface area contributed by atoms with Crippen LogP contribution in [0.5, 0.6) is 17.2 Å². The summed E-state index contributed by atoms with van der Waals surface area (Å²) in [5.41, 5.74) is 2.74. The second kappa shape index (κ2) is 13.5. The molecule has 5 heteroatoms. The largest absolute Gasteiger partial charge is 0.489 e. The van der Waals surface area contributed by atoms with E-state index in [0.717, 1.165) is 34.9 Å². The van der Waals surface area contributed by atoms with Crippen molar-refractivity contribution in [1.82, 2.24) is 4.57 Å². The number of hydrogen-bond acceptors (Lipinski definition) is 4. The Bertz CT molecular complexity index is 1320. The molecule has 1 heterocycles. The summed E-state index contributed by atoms with van der Waals surface area (Å²) < 4.78 is 19.8. The number of ether oxygens (including phenoxy) is 3. The molecule has 0 aliphatic carbocycles. The van der Waals surface area contributed by atoms with Crippen LogP contribution in [0.15, 0.2) is 83.7 Å². The summed E-state index contributed by atoms with van der Waals surface area (Å²) in [5, 5.41) is 0.838. The first-order chi connectivity index (χ1) is 18.2. The Kier molecular flexibility index (Phi) is 9.64. The van der Waals surface area contributed by atoms with Gasteiger partial charge < -0.3 is 18.8 Å². The number of aromatic nitrogens is 1. The average molecular weight is 500 g/mol. The molecule has 5 nitrogen and oxygen atoms in total. The maximum atomic E-state index is 13.6. The van der Waals surface area contributed by atoms with E-state index in [-0.39, 0.29) is 11.3 Å². The molecule has 0 spiro atoms. The Morgan fingerprint density at radius 1 is 0.703 bits per heavy atom. The van der Waals surface area contributed by atoms with Gasteiger partial charge in [-0.25, -0.2) is 0 Å². The van der Waals surface area contributed by atoms with E-state index in [2.05, 4.69) is 6.92 Å². The Morgan fingerprint density at radius 2 is 1.32 bits per heavy atom. The zero-order valence-corrected chi connectivity index (χ0v) is 21.9. The fraction of sp³-hybridized carbons (Fsp3) is 0.344. The van der Waals surface area contributed by atoms with Gasteiger partial charge in [0.1, 0.15) is 19.0 Å². The lowest BCUT2D eigenvalue weighted by molar-refractivity contribution is 0.284. The summed E-state index contributed by atoms with van der Waals surface area (Å²) in [7, 11) is 1.53. The van der Waals surface area contributed by atoms with Gasteiger partial charge in [0.15, 0.2) is 5.75 Å². The molecule has 0 fully saturated rings. The molecule has 0 saturated carbocycles. The third-order valence-corrected chi connectivity index (χ3v) is 6.56. The molecule has 0 unspecified atom stereocenters. The van der Waals surface area contributed by atoms with Crippen LogP contribution in [0.4, 0.5) is 0 Å². The highest BCUT2D eigenvalue weighted by atomic mass is 16.5. The van der Waals surface area contributed by atoms with Crippen LogP contribution in [-0.2, 0) is 19.8 Å². The first-order valence-electron chi connectivity index (χ1n) is 13.3. The maximum absolute atomic E-state index is 13.6. The molecule has 3 aromatic carbocycles. The van der Waals surface area contributed by atoms with E-state index in [1.165, 1.54) is 32.8 Å². The fourth-order valence-corrected chi connectivity index (χ4v) is 4.53. The van der Waals surface area contributed by atoms with Gasteiger partial charge >= 0.3 is 0 Å². The first-order valence-corrected chi connectivity index (χ1v) is 13.3. The molecule has 0 radical (unpaired) electrons. The highest BCUT2D eigenvalue weighted by Gasteiger charge is 2.20. The predicted octanol–water partition coefficient (Wildman–Crippen LogP) is 7.53.